The summed E-state index contributed by atoms with van der Waals surface area (Å²) in [6.07, 6.45) is 4.40. The van der Waals surface area contributed by atoms with Crippen molar-refractivity contribution in [2.75, 3.05) is 13.1 Å². The molecule has 0 heterocycles. The molecule has 1 aliphatic carbocycles. The van der Waals surface area contributed by atoms with Crippen LogP contribution in [0.3, 0.4) is 0 Å². The van der Waals surface area contributed by atoms with Gasteiger partial charge in [0.05, 0.1) is 0 Å². The number of amides is 4. The minimum absolute atomic E-state index is 0.124. The fourth-order valence-electron chi connectivity index (χ4n) is 4.15. The van der Waals surface area contributed by atoms with E-state index in [1.165, 1.54) is 11.1 Å². The number of hydrogen-bond donors (Lipinski definition) is 4. The average molecular weight is 437 g/mol. The largest absolute Gasteiger partial charge is 0.338 e. The maximum absolute atomic E-state index is 12.1. The van der Waals surface area contributed by atoms with E-state index >= 15 is 0 Å². The van der Waals surface area contributed by atoms with Crippen LogP contribution in [0.15, 0.2) is 48.5 Å². The first-order valence-corrected chi connectivity index (χ1v) is 11.6. The zero-order valence-electron chi connectivity index (χ0n) is 19.2. The van der Waals surface area contributed by atoms with Crippen molar-refractivity contribution in [3.05, 3.63) is 70.8 Å². The lowest BCUT2D eigenvalue weighted by Gasteiger charge is -2.29. The lowest BCUT2D eigenvalue weighted by molar-refractivity contribution is 0.221. The molecule has 0 saturated heterocycles. The van der Waals surface area contributed by atoms with Crippen molar-refractivity contribution in [3.8, 4) is 0 Å². The van der Waals surface area contributed by atoms with Crippen LogP contribution in [0.25, 0.3) is 0 Å². The van der Waals surface area contributed by atoms with Crippen LogP contribution < -0.4 is 21.3 Å². The van der Waals surface area contributed by atoms with Gasteiger partial charge in [0.2, 0.25) is 0 Å². The Morgan fingerprint density at radius 2 is 1.09 bits per heavy atom. The molecule has 2 atom stereocenters. The first-order chi connectivity index (χ1) is 15.5. The average Bonchev–Trinajstić information content (AvgIpc) is 2.81. The molecule has 3 rings (SSSR count). The molecule has 0 spiro atoms. The third kappa shape index (κ3) is 8.25. The highest BCUT2D eigenvalue weighted by Gasteiger charge is 2.22. The Kier molecular flexibility index (Phi) is 8.96. The molecule has 6 heteroatoms. The second kappa shape index (κ2) is 12.1. The summed E-state index contributed by atoms with van der Waals surface area (Å²) in [7, 11) is 0. The van der Waals surface area contributed by atoms with Crippen molar-refractivity contribution in [2.24, 2.45) is 11.8 Å². The van der Waals surface area contributed by atoms with Gasteiger partial charge in [-0.3, -0.25) is 0 Å². The Balaban J connectivity index is 1.30. The maximum Gasteiger partial charge on any atom is 0.315 e. The molecule has 0 bridgehead atoms. The van der Waals surface area contributed by atoms with Gasteiger partial charge in [-0.15, -0.1) is 0 Å². The van der Waals surface area contributed by atoms with Crippen LogP contribution in [0.1, 0.15) is 47.9 Å². The van der Waals surface area contributed by atoms with Crippen molar-refractivity contribution in [1.29, 1.82) is 0 Å². The second-order valence-electron chi connectivity index (χ2n) is 9.00. The van der Waals surface area contributed by atoms with Crippen molar-refractivity contribution >= 4 is 12.1 Å². The molecule has 2 aromatic rings. The number of carbonyl (C=O) groups is 2. The summed E-state index contributed by atoms with van der Waals surface area (Å²) in [6, 6.07) is 16.1. The van der Waals surface area contributed by atoms with Crippen molar-refractivity contribution in [3.63, 3.8) is 0 Å². The van der Waals surface area contributed by atoms with E-state index in [0.29, 0.717) is 38.0 Å². The number of urea groups is 2. The van der Waals surface area contributed by atoms with Crippen molar-refractivity contribution < 1.29 is 9.59 Å². The first kappa shape index (κ1) is 23.6. The van der Waals surface area contributed by atoms with Crippen molar-refractivity contribution in [1.82, 2.24) is 21.3 Å². The first-order valence-electron chi connectivity index (χ1n) is 11.6. The monoisotopic (exact) mass is 436 g/mol. The van der Waals surface area contributed by atoms with Gasteiger partial charge in [-0.25, -0.2) is 9.59 Å². The van der Waals surface area contributed by atoms with E-state index in [2.05, 4.69) is 35.1 Å². The van der Waals surface area contributed by atoms with Crippen LogP contribution in [0, 0.1) is 25.7 Å². The Bertz CT molecular complexity index is 793. The summed E-state index contributed by atoms with van der Waals surface area (Å²) >= 11 is 0. The van der Waals surface area contributed by atoms with E-state index in [4.69, 9.17) is 0 Å². The predicted octanol–water partition coefficient (Wildman–Crippen LogP) is 4.41. The molecule has 0 unspecified atom stereocenters. The zero-order valence-corrected chi connectivity index (χ0v) is 19.2. The van der Waals surface area contributed by atoms with Crippen LogP contribution in [0.2, 0.25) is 0 Å². The topological polar surface area (TPSA) is 82.3 Å². The third-order valence-corrected chi connectivity index (χ3v) is 6.14. The van der Waals surface area contributed by atoms with Gasteiger partial charge >= 0.3 is 12.1 Å². The Morgan fingerprint density at radius 3 is 1.50 bits per heavy atom. The molecule has 0 radical (unpaired) electrons. The molecule has 172 valence electrons. The molecule has 2 aromatic carbocycles. The molecule has 6 nitrogen and oxygen atoms in total. The molecule has 4 amide bonds. The van der Waals surface area contributed by atoms with E-state index in [9.17, 15) is 9.59 Å². The fraction of sp³-hybridized carbons (Fsp3) is 0.462. The van der Waals surface area contributed by atoms with E-state index in [0.717, 1.165) is 36.8 Å². The standard InChI is InChI=1S/C26H36N4O2/c1-19-6-10-21(11-7-19)15-27-25(31)29-17-23-4-3-5-24(14-23)18-30-26(32)28-16-22-12-8-20(2)9-13-22/h6-13,23-24H,3-5,14-18H2,1-2H3,(H2,27,29,31)(H2,28,30,32)/t23-,24-/m1/s1. The van der Waals surface area contributed by atoms with Gasteiger partial charge in [0.15, 0.2) is 0 Å². The van der Waals surface area contributed by atoms with Crippen LogP contribution in [0.5, 0.6) is 0 Å². The summed E-state index contributed by atoms with van der Waals surface area (Å²) in [6.45, 7) is 6.51. The molecular formula is C26H36N4O2. The molecule has 1 saturated carbocycles. The summed E-state index contributed by atoms with van der Waals surface area (Å²) in [5.74, 6) is 0.910. The smallest absolute Gasteiger partial charge is 0.315 e. The SMILES string of the molecule is Cc1ccc(CNC(=O)NC[C@@H]2CCC[C@@H](CNC(=O)NCc3ccc(C)cc3)C2)cc1. The summed E-state index contributed by atoms with van der Waals surface area (Å²) in [4.78, 5) is 24.3. The van der Waals surface area contributed by atoms with Gasteiger partial charge < -0.3 is 21.3 Å². The van der Waals surface area contributed by atoms with E-state index in [-0.39, 0.29) is 12.1 Å². The van der Waals surface area contributed by atoms with Crippen LogP contribution in [-0.2, 0) is 13.1 Å². The number of nitrogens with one attached hydrogen (secondary N) is 4. The lowest BCUT2D eigenvalue weighted by atomic mass is 9.81. The van der Waals surface area contributed by atoms with E-state index in [1.807, 2.05) is 48.5 Å². The Morgan fingerprint density at radius 1 is 0.688 bits per heavy atom. The minimum Gasteiger partial charge on any atom is -0.338 e. The number of hydrogen-bond acceptors (Lipinski definition) is 2. The molecule has 1 fully saturated rings. The van der Waals surface area contributed by atoms with Gasteiger partial charge in [-0.2, -0.15) is 0 Å². The maximum atomic E-state index is 12.1. The number of rotatable bonds is 8. The molecule has 32 heavy (non-hydrogen) atoms. The second-order valence-corrected chi connectivity index (χ2v) is 9.00. The Hall–Kier alpha value is -3.02. The summed E-state index contributed by atoms with van der Waals surface area (Å²) < 4.78 is 0. The van der Waals surface area contributed by atoms with E-state index in [1.54, 1.807) is 0 Å². The molecule has 0 aromatic heterocycles. The van der Waals surface area contributed by atoms with Gasteiger partial charge in [0.1, 0.15) is 0 Å². The summed E-state index contributed by atoms with van der Waals surface area (Å²) in [5, 5.41) is 11.9. The highest BCUT2D eigenvalue weighted by Crippen LogP contribution is 2.28. The van der Waals surface area contributed by atoms with E-state index < -0.39 is 0 Å². The normalized spacial score (nSPS) is 17.9. The van der Waals surface area contributed by atoms with Crippen LogP contribution in [0.4, 0.5) is 9.59 Å². The highest BCUT2D eigenvalue weighted by molar-refractivity contribution is 5.74. The lowest BCUT2D eigenvalue weighted by Crippen LogP contribution is -2.41. The zero-order chi connectivity index (χ0) is 22.8. The van der Waals surface area contributed by atoms with Gasteiger partial charge in [-0.05, 0) is 56.1 Å². The van der Waals surface area contributed by atoms with Crippen LogP contribution >= 0.6 is 0 Å². The number of benzene rings is 2. The Labute approximate surface area is 191 Å². The highest BCUT2D eigenvalue weighted by atomic mass is 16.2. The van der Waals surface area contributed by atoms with Gasteiger partial charge in [0.25, 0.3) is 0 Å². The van der Waals surface area contributed by atoms with Crippen LogP contribution in [-0.4, -0.2) is 25.2 Å². The van der Waals surface area contributed by atoms with Crippen molar-refractivity contribution in [2.45, 2.75) is 52.6 Å². The fourth-order valence-corrected chi connectivity index (χ4v) is 4.15. The number of aryl methyl sites for hydroxylation is 2. The minimum atomic E-state index is -0.124. The number of carbonyl (C=O) groups excluding carboxylic acids is 2. The predicted molar refractivity (Wildman–Crippen MR) is 128 cm³/mol. The molecular weight excluding hydrogens is 400 g/mol. The van der Waals surface area contributed by atoms with Gasteiger partial charge in [0, 0.05) is 26.2 Å². The van der Waals surface area contributed by atoms with Gasteiger partial charge in [-0.1, -0.05) is 66.1 Å². The quantitative estimate of drug-likeness (QED) is 0.494. The molecule has 1 aliphatic rings. The molecule has 4 N–H and O–H groups in total. The molecule has 0 aliphatic heterocycles. The summed E-state index contributed by atoms with van der Waals surface area (Å²) in [5.41, 5.74) is 4.61. The third-order valence-electron chi connectivity index (χ3n) is 6.14.